The first-order chi connectivity index (χ1) is 12.1. The summed E-state index contributed by atoms with van der Waals surface area (Å²) in [6.07, 6.45) is -0.892. The summed E-state index contributed by atoms with van der Waals surface area (Å²) in [5.74, 6) is -0.962. The van der Waals surface area contributed by atoms with Gasteiger partial charge in [0.25, 0.3) is 0 Å². The van der Waals surface area contributed by atoms with Crippen molar-refractivity contribution >= 4 is 23.2 Å². The van der Waals surface area contributed by atoms with Crippen LogP contribution in [0.2, 0.25) is 0 Å². The number of hydrogen-bond acceptors (Lipinski definition) is 5. The molecule has 2 N–H and O–H groups in total. The van der Waals surface area contributed by atoms with Gasteiger partial charge in [-0.1, -0.05) is 42.5 Å². The van der Waals surface area contributed by atoms with Crippen molar-refractivity contribution in [2.75, 3.05) is 0 Å². The van der Waals surface area contributed by atoms with Gasteiger partial charge in [-0.25, -0.2) is 14.6 Å². The van der Waals surface area contributed by atoms with Crippen LogP contribution < -0.4 is 5.32 Å². The molecule has 0 aliphatic carbocycles. The van der Waals surface area contributed by atoms with Crippen LogP contribution in [0, 0.1) is 0 Å². The van der Waals surface area contributed by atoms with Crippen LogP contribution in [0.5, 0.6) is 0 Å². The SMILES string of the molecule is O=C(NC(Cc1nc2ccccc2o1)C(=O)O)OCc1ccccc1. The van der Waals surface area contributed by atoms with E-state index in [1.807, 2.05) is 24.3 Å². The van der Waals surface area contributed by atoms with Crippen molar-refractivity contribution < 1.29 is 23.8 Å². The molecule has 0 aliphatic heterocycles. The molecule has 0 fully saturated rings. The van der Waals surface area contributed by atoms with Crippen molar-refractivity contribution in [3.05, 3.63) is 66.1 Å². The number of nitrogens with one attached hydrogen (secondary N) is 1. The summed E-state index contributed by atoms with van der Waals surface area (Å²) >= 11 is 0. The first-order valence-electron chi connectivity index (χ1n) is 7.66. The van der Waals surface area contributed by atoms with Gasteiger partial charge in [0.2, 0.25) is 0 Å². The lowest BCUT2D eigenvalue weighted by Gasteiger charge is -2.13. The van der Waals surface area contributed by atoms with E-state index in [1.165, 1.54) is 0 Å². The van der Waals surface area contributed by atoms with Gasteiger partial charge in [0, 0.05) is 0 Å². The number of hydrogen-bond donors (Lipinski definition) is 2. The average Bonchev–Trinajstić information content (AvgIpc) is 3.02. The second kappa shape index (κ2) is 7.48. The number of carbonyl (C=O) groups is 2. The van der Waals surface area contributed by atoms with Crippen molar-refractivity contribution in [1.82, 2.24) is 10.3 Å². The van der Waals surface area contributed by atoms with Gasteiger partial charge in [0.1, 0.15) is 18.2 Å². The summed E-state index contributed by atoms with van der Waals surface area (Å²) in [6.45, 7) is 0.0574. The van der Waals surface area contributed by atoms with Crippen molar-refractivity contribution in [3.8, 4) is 0 Å². The number of ether oxygens (including phenoxy) is 1. The van der Waals surface area contributed by atoms with Gasteiger partial charge in [-0.2, -0.15) is 0 Å². The molecular formula is C18H16N2O5. The Morgan fingerprint density at radius 3 is 2.56 bits per heavy atom. The molecule has 7 nitrogen and oxygen atoms in total. The van der Waals surface area contributed by atoms with Gasteiger partial charge >= 0.3 is 12.1 Å². The van der Waals surface area contributed by atoms with Crippen LogP contribution in [-0.2, 0) is 22.6 Å². The zero-order valence-corrected chi connectivity index (χ0v) is 13.2. The maximum absolute atomic E-state index is 11.8. The molecule has 1 atom stereocenters. The van der Waals surface area contributed by atoms with E-state index in [4.69, 9.17) is 9.15 Å². The zero-order chi connectivity index (χ0) is 17.6. The van der Waals surface area contributed by atoms with Crippen LogP contribution in [0.1, 0.15) is 11.5 Å². The van der Waals surface area contributed by atoms with E-state index >= 15 is 0 Å². The summed E-state index contributed by atoms with van der Waals surface area (Å²) in [5.41, 5.74) is 2.00. The topological polar surface area (TPSA) is 102 Å². The number of benzene rings is 2. The molecule has 0 aliphatic rings. The van der Waals surface area contributed by atoms with Crippen molar-refractivity contribution in [1.29, 1.82) is 0 Å². The molecule has 3 rings (SSSR count). The summed E-state index contributed by atoms with van der Waals surface area (Å²) in [7, 11) is 0. The fourth-order valence-electron chi connectivity index (χ4n) is 2.29. The summed E-state index contributed by atoms with van der Waals surface area (Å²) in [4.78, 5) is 27.4. The minimum absolute atomic E-state index is 0.0574. The Balaban J connectivity index is 1.60. The van der Waals surface area contributed by atoms with Crippen LogP contribution in [-0.4, -0.2) is 28.2 Å². The Hall–Kier alpha value is -3.35. The van der Waals surface area contributed by atoms with Gasteiger partial charge < -0.3 is 19.6 Å². The summed E-state index contributed by atoms with van der Waals surface area (Å²) in [6, 6.07) is 15.0. The Morgan fingerprint density at radius 1 is 1.12 bits per heavy atom. The number of carbonyl (C=O) groups excluding carboxylic acids is 1. The predicted octanol–water partition coefficient (Wildman–Crippen LogP) is 2.75. The number of oxazole rings is 1. The van der Waals surface area contributed by atoms with Crippen LogP contribution in [0.15, 0.2) is 59.0 Å². The second-order valence-electron chi connectivity index (χ2n) is 5.38. The lowest BCUT2D eigenvalue weighted by Crippen LogP contribution is -2.42. The first kappa shape index (κ1) is 16.5. The van der Waals surface area contributed by atoms with Gasteiger partial charge in [0.15, 0.2) is 11.5 Å². The van der Waals surface area contributed by atoms with E-state index < -0.39 is 18.1 Å². The molecule has 0 bridgehead atoms. The zero-order valence-electron chi connectivity index (χ0n) is 13.2. The average molecular weight is 340 g/mol. The number of aliphatic carboxylic acids is 1. The van der Waals surface area contributed by atoms with Crippen molar-refractivity contribution in [2.24, 2.45) is 0 Å². The molecule has 0 radical (unpaired) electrons. The van der Waals surface area contributed by atoms with E-state index in [9.17, 15) is 14.7 Å². The second-order valence-corrected chi connectivity index (χ2v) is 5.38. The molecule has 0 saturated carbocycles. The number of nitrogens with zero attached hydrogens (tertiary/aromatic N) is 1. The van der Waals surface area contributed by atoms with Crippen LogP contribution >= 0.6 is 0 Å². The van der Waals surface area contributed by atoms with Gasteiger partial charge in [0.05, 0.1) is 6.42 Å². The summed E-state index contributed by atoms with van der Waals surface area (Å²) < 4.78 is 10.5. The number of rotatable bonds is 6. The Bertz CT molecular complexity index is 842. The third-order valence-corrected chi connectivity index (χ3v) is 3.52. The highest BCUT2D eigenvalue weighted by molar-refractivity contribution is 5.80. The normalized spacial score (nSPS) is 11.8. The van der Waals surface area contributed by atoms with Gasteiger partial charge in [-0.15, -0.1) is 0 Å². The number of carboxylic acids is 1. The summed E-state index contributed by atoms with van der Waals surface area (Å²) in [5, 5.41) is 11.6. The lowest BCUT2D eigenvalue weighted by atomic mass is 10.2. The molecule has 0 spiro atoms. The maximum Gasteiger partial charge on any atom is 0.408 e. The number of alkyl carbamates (subject to hydrolysis) is 1. The fourth-order valence-corrected chi connectivity index (χ4v) is 2.29. The quantitative estimate of drug-likeness (QED) is 0.715. The van der Waals surface area contributed by atoms with Crippen LogP contribution in [0.3, 0.4) is 0 Å². The van der Waals surface area contributed by atoms with E-state index in [0.717, 1.165) is 5.56 Å². The molecule has 7 heteroatoms. The molecule has 1 unspecified atom stereocenters. The molecule has 1 aromatic heterocycles. The van der Waals surface area contributed by atoms with Gasteiger partial charge in [-0.3, -0.25) is 0 Å². The highest BCUT2D eigenvalue weighted by Crippen LogP contribution is 2.16. The molecule has 1 heterocycles. The monoisotopic (exact) mass is 340 g/mol. The van der Waals surface area contributed by atoms with Crippen LogP contribution in [0.25, 0.3) is 11.1 Å². The first-order valence-corrected chi connectivity index (χ1v) is 7.66. The molecule has 1 amide bonds. The molecule has 25 heavy (non-hydrogen) atoms. The number of carboxylic acid groups (broad SMARTS) is 1. The smallest absolute Gasteiger partial charge is 0.408 e. The maximum atomic E-state index is 11.8. The molecule has 0 saturated heterocycles. The third-order valence-electron chi connectivity index (χ3n) is 3.52. The Morgan fingerprint density at radius 2 is 1.84 bits per heavy atom. The van der Waals surface area contributed by atoms with E-state index in [0.29, 0.717) is 11.1 Å². The molecule has 2 aromatic carbocycles. The Labute approximate surface area is 143 Å². The van der Waals surface area contributed by atoms with Crippen molar-refractivity contribution in [3.63, 3.8) is 0 Å². The predicted molar refractivity (Wildman–Crippen MR) is 88.9 cm³/mol. The highest BCUT2D eigenvalue weighted by Gasteiger charge is 2.23. The van der Waals surface area contributed by atoms with Crippen LogP contribution in [0.4, 0.5) is 4.79 Å². The largest absolute Gasteiger partial charge is 0.480 e. The fraction of sp³-hybridized carbons (Fsp3) is 0.167. The highest BCUT2D eigenvalue weighted by atomic mass is 16.5. The lowest BCUT2D eigenvalue weighted by molar-refractivity contribution is -0.139. The van der Waals surface area contributed by atoms with E-state index in [1.54, 1.807) is 30.3 Å². The molecular weight excluding hydrogens is 324 g/mol. The van der Waals surface area contributed by atoms with E-state index in [2.05, 4.69) is 10.3 Å². The molecule has 128 valence electrons. The number of para-hydroxylation sites is 2. The minimum Gasteiger partial charge on any atom is -0.480 e. The standard InChI is InChI=1S/C18H16N2O5/c21-17(22)14(10-16-19-13-8-4-5-9-15(13)25-16)20-18(23)24-11-12-6-2-1-3-7-12/h1-9,14H,10-11H2,(H,20,23)(H,21,22). The number of amides is 1. The Kier molecular flexibility index (Phi) is 4.94. The van der Waals surface area contributed by atoms with Gasteiger partial charge in [-0.05, 0) is 17.7 Å². The number of fused-ring (bicyclic) bond motifs is 1. The third kappa shape index (κ3) is 4.35. The van der Waals surface area contributed by atoms with Crippen molar-refractivity contribution in [2.45, 2.75) is 19.1 Å². The van der Waals surface area contributed by atoms with E-state index in [-0.39, 0.29) is 18.9 Å². The molecule has 3 aromatic rings. The minimum atomic E-state index is -1.20. The number of aromatic nitrogens is 1.